The van der Waals surface area contributed by atoms with E-state index in [9.17, 15) is 4.79 Å². The standard InChI is InChI=1S/C15H14BrNO3/c1-10(2)9-19-12-5-3-11(4-6-12)17-15(18)13-7-8-14(16)20-13/h3-8H,1,9H2,2H3,(H,17,18). The molecule has 0 bridgehead atoms. The highest BCUT2D eigenvalue weighted by atomic mass is 79.9. The van der Waals surface area contributed by atoms with E-state index in [0.29, 0.717) is 17.0 Å². The Balaban J connectivity index is 1.96. The van der Waals surface area contributed by atoms with Crippen molar-refractivity contribution in [3.05, 3.63) is 59.0 Å². The third-order valence-corrected chi connectivity index (χ3v) is 2.82. The van der Waals surface area contributed by atoms with Gasteiger partial charge in [-0.1, -0.05) is 6.58 Å². The molecule has 1 aromatic heterocycles. The predicted molar refractivity (Wildman–Crippen MR) is 81.1 cm³/mol. The van der Waals surface area contributed by atoms with Gasteiger partial charge in [0, 0.05) is 5.69 Å². The number of hydrogen-bond donors (Lipinski definition) is 1. The molecule has 20 heavy (non-hydrogen) atoms. The number of nitrogens with one attached hydrogen (secondary N) is 1. The number of anilines is 1. The molecule has 0 aliphatic carbocycles. The van der Waals surface area contributed by atoms with Crippen LogP contribution in [-0.4, -0.2) is 12.5 Å². The molecule has 0 saturated heterocycles. The summed E-state index contributed by atoms with van der Waals surface area (Å²) in [5.74, 6) is 0.678. The highest BCUT2D eigenvalue weighted by molar-refractivity contribution is 9.10. The van der Waals surface area contributed by atoms with Crippen molar-refractivity contribution in [2.45, 2.75) is 6.92 Å². The van der Waals surface area contributed by atoms with Crippen LogP contribution in [0, 0.1) is 0 Å². The highest BCUT2D eigenvalue weighted by Crippen LogP contribution is 2.18. The molecular formula is C15H14BrNO3. The number of hydrogen-bond acceptors (Lipinski definition) is 3. The number of carbonyl (C=O) groups is 1. The zero-order valence-corrected chi connectivity index (χ0v) is 12.6. The summed E-state index contributed by atoms with van der Waals surface area (Å²) in [7, 11) is 0. The molecule has 1 amide bonds. The number of halogens is 1. The van der Waals surface area contributed by atoms with Crippen LogP contribution in [0.4, 0.5) is 5.69 Å². The zero-order valence-electron chi connectivity index (χ0n) is 11.0. The maximum Gasteiger partial charge on any atom is 0.291 e. The average molecular weight is 336 g/mol. The van der Waals surface area contributed by atoms with Crippen molar-refractivity contribution in [3.8, 4) is 5.75 Å². The fourth-order valence-corrected chi connectivity index (χ4v) is 1.78. The van der Waals surface area contributed by atoms with Gasteiger partial charge in [-0.25, -0.2) is 0 Å². The van der Waals surface area contributed by atoms with Crippen molar-refractivity contribution >= 4 is 27.5 Å². The SMILES string of the molecule is C=C(C)COc1ccc(NC(=O)c2ccc(Br)o2)cc1. The Hall–Kier alpha value is -2.01. The normalized spacial score (nSPS) is 10.1. The van der Waals surface area contributed by atoms with Crippen LogP contribution >= 0.6 is 15.9 Å². The van der Waals surface area contributed by atoms with Crippen molar-refractivity contribution in [2.24, 2.45) is 0 Å². The molecule has 0 aliphatic rings. The van der Waals surface area contributed by atoms with E-state index >= 15 is 0 Å². The van der Waals surface area contributed by atoms with E-state index in [4.69, 9.17) is 9.15 Å². The van der Waals surface area contributed by atoms with Gasteiger partial charge in [-0.15, -0.1) is 0 Å². The second-order valence-corrected chi connectivity index (χ2v) is 5.11. The minimum absolute atomic E-state index is 0.250. The summed E-state index contributed by atoms with van der Waals surface area (Å²) in [5, 5.41) is 2.74. The van der Waals surface area contributed by atoms with E-state index in [1.54, 1.807) is 36.4 Å². The molecule has 2 aromatic rings. The Bertz CT molecular complexity index is 616. The van der Waals surface area contributed by atoms with Crippen LogP contribution in [0.15, 0.2) is 57.6 Å². The molecule has 2 rings (SSSR count). The molecule has 0 unspecified atom stereocenters. The molecule has 0 aliphatic heterocycles. The highest BCUT2D eigenvalue weighted by Gasteiger charge is 2.10. The Labute approximate surface area is 125 Å². The topological polar surface area (TPSA) is 51.5 Å². The summed E-state index contributed by atoms with van der Waals surface area (Å²) in [4.78, 5) is 11.9. The first-order valence-electron chi connectivity index (χ1n) is 5.98. The molecular weight excluding hydrogens is 322 g/mol. The van der Waals surface area contributed by atoms with Crippen LogP contribution in [0.25, 0.3) is 0 Å². The van der Waals surface area contributed by atoms with E-state index in [1.165, 1.54) is 0 Å². The van der Waals surface area contributed by atoms with Gasteiger partial charge < -0.3 is 14.5 Å². The maximum atomic E-state index is 11.9. The van der Waals surface area contributed by atoms with E-state index in [-0.39, 0.29) is 11.7 Å². The van der Waals surface area contributed by atoms with Gasteiger partial charge in [0.25, 0.3) is 5.91 Å². The molecule has 104 valence electrons. The molecule has 0 fully saturated rings. The van der Waals surface area contributed by atoms with Crippen LogP contribution < -0.4 is 10.1 Å². The lowest BCUT2D eigenvalue weighted by Crippen LogP contribution is -2.10. The van der Waals surface area contributed by atoms with E-state index in [0.717, 1.165) is 11.3 Å². The molecule has 1 N–H and O–H groups in total. The van der Waals surface area contributed by atoms with Crippen LogP contribution in [0.3, 0.4) is 0 Å². The lowest BCUT2D eigenvalue weighted by atomic mass is 10.3. The van der Waals surface area contributed by atoms with Gasteiger partial charge in [-0.3, -0.25) is 4.79 Å². The van der Waals surface area contributed by atoms with Gasteiger partial charge in [0.2, 0.25) is 0 Å². The van der Waals surface area contributed by atoms with E-state index in [2.05, 4.69) is 27.8 Å². The van der Waals surface area contributed by atoms with E-state index < -0.39 is 0 Å². The summed E-state index contributed by atoms with van der Waals surface area (Å²) in [5.41, 5.74) is 1.62. The fraction of sp³-hybridized carbons (Fsp3) is 0.133. The van der Waals surface area contributed by atoms with Crippen LogP contribution in [0.2, 0.25) is 0 Å². The quantitative estimate of drug-likeness (QED) is 0.831. The summed E-state index contributed by atoms with van der Waals surface area (Å²) in [6, 6.07) is 10.4. The molecule has 0 saturated carbocycles. The van der Waals surface area contributed by atoms with Crippen molar-refractivity contribution in [1.82, 2.24) is 0 Å². The molecule has 1 aromatic carbocycles. The smallest absolute Gasteiger partial charge is 0.291 e. The second kappa shape index (κ2) is 6.43. The Kier molecular flexibility index (Phi) is 4.63. The third-order valence-electron chi connectivity index (χ3n) is 2.39. The van der Waals surface area contributed by atoms with Gasteiger partial charge in [0.05, 0.1) is 0 Å². The number of carbonyl (C=O) groups excluding carboxylic acids is 1. The van der Waals surface area contributed by atoms with Crippen molar-refractivity contribution in [2.75, 3.05) is 11.9 Å². The van der Waals surface area contributed by atoms with Crippen molar-refractivity contribution in [3.63, 3.8) is 0 Å². The number of furan rings is 1. The minimum Gasteiger partial charge on any atom is -0.489 e. The van der Waals surface area contributed by atoms with Crippen molar-refractivity contribution < 1.29 is 13.9 Å². The summed E-state index contributed by atoms with van der Waals surface area (Å²) >= 11 is 3.15. The zero-order chi connectivity index (χ0) is 14.5. The van der Waals surface area contributed by atoms with Gasteiger partial charge in [-0.2, -0.15) is 0 Å². The first kappa shape index (κ1) is 14.4. The van der Waals surface area contributed by atoms with Crippen LogP contribution in [0.5, 0.6) is 5.75 Å². The maximum absolute atomic E-state index is 11.9. The monoisotopic (exact) mass is 335 g/mol. The third kappa shape index (κ3) is 3.99. The molecule has 0 radical (unpaired) electrons. The largest absolute Gasteiger partial charge is 0.489 e. The molecule has 1 heterocycles. The molecule has 0 atom stereocenters. The van der Waals surface area contributed by atoms with Crippen LogP contribution in [-0.2, 0) is 0 Å². The first-order valence-corrected chi connectivity index (χ1v) is 6.78. The van der Waals surface area contributed by atoms with Gasteiger partial charge >= 0.3 is 0 Å². The minimum atomic E-state index is -0.300. The summed E-state index contributed by atoms with van der Waals surface area (Å²) in [6.45, 7) is 6.14. The fourth-order valence-electron chi connectivity index (χ4n) is 1.47. The molecule has 4 nitrogen and oxygen atoms in total. The van der Waals surface area contributed by atoms with Crippen LogP contribution in [0.1, 0.15) is 17.5 Å². The molecule has 0 spiro atoms. The average Bonchev–Trinajstić information content (AvgIpc) is 2.85. The number of amides is 1. The van der Waals surface area contributed by atoms with Gasteiger partial charge in [0.1, 0.15) is 12.4 Å². The summed E-state index contributed by atoms with van der Waals surface area (Å²) in [6.07, 6.45) is 0. The van der Waals surface area contributed by atoms with Crippen molar-refractivity contribution in [1.29, 1.82) is 0 Å². The Morgan fingerprint density at radius 2 is 2.00 bits per heavy atom. The van der Waals surface area contributed by atoms with E-state index in [1.807, 2.05) is 6.92 Å². The lowest BCUT2D eigenvalue weighted by molar-refractivity contribution is 0.0995. The molecule has 5 heteroatoms. The first-order chi connectivity index (χ1) is 9.54. The number of ether oxygens (including phenoxy) is 1. The Morgan fingerprint density at radius 3 is 2.55 bits per heavy atom. The second-order valence-electron chi connectivity index (χ2n) is 4.33. The number of benzene rings is 1. The predicted octanol–water partition coefficient (Wildman–Crippen LogP) is 4.25. The van der Waals surface area contributed by atoms with Gasteiger partial charge in [0.15, 0.2) is 10.4 Å². The lowest BCUT2D eigenvalue weighted by Gasteiger charge is -2.07. The Morgan fingerprint density at radius 1 is 1.30 bits per heavy atom. The summed E-state index contributed by atoms with van der Waals surface area (Å²) < 4.78 is 11.2. The van der Waals surface area contributed by atoms with Gasteiger partial charge in [-0.05, 0) is 64.8 Å². The number of rotatable bonds is 5.